The van der Waals surface area contributed by atoms with Crippen LogP contribution in [0.5, 0.6) is 0 Å². The minimum absolute atomic E-state index is 0.103. The van der Waals surface area contributed by atoms with Crippen molar-refractivity contribution in [3.8, 4) is 0 Å². The second-order valence-corrected chi connectivity index (χ2v) is 8.73. The van der Waals surface area contributed by atoms with Crippen LogP contribution in [0, 0.1) is 0 Å². The van der Waals surface area contributed by atoms with E-state index in [4.69, 9.17) is 4.74 Å². The van der Waals surface area contributed by atoms with Crippen LogP contribution in [0.2, 0.25) is 0 Å². The number of carbonyl (C=O) groups excluding carboxylic acids is 4. The number of urea groups is 1. The Morgan fingerprint density at radius 2 is 1.90 bits per heavy atom. The van der Waals surface area contributed by atoms with Crippen LogP contribution in [0.15, 0.2) is 30.3 Å². The van der Waals surface area contributed by atoms with E-state index in [2.05, 4.69) is 10.6 Å². The van der Waals surface area contributed by atoms with Crippen molar-refractivity contribution in [2.24, 2.45) is 0 Å². The van der Waals surface area contributed by atoms with Gasteiger partial charge in [-0.15, -0.1) is 11.8 Å². The number of carbonyl (C=O) groups is 4. The first kappa shape index (κ1) is 21.2. The van der Waals surface area contributed by atoms with Crippen LogP contribution < -0.4 is 10.6 Å². The molecule has 0 saturated carbocycles. The van der Waals surface area contributed by atoms with Gasteiger partial charge in [0, 0.05) is 18.2 Å². The summed E-state index contributed by atoms with van der Waals surface area (Å²) in [6.45, 7) is 4.92. The number of thioether (sulfide) groups is 1. The molecule has 0 aliphatic carbocycles. The van der Waals surface area contributed by atoms with Gasteiger partial charge in [-0.1, -0.05) is 30.3 Å². The lowest BCUT2D eigenvalue weighted by atomic mass is 10.0. The number of fused-ring (bicyclic) bond motifs is 1. The summed E-state index contributed by atoms with van der Waals surface area (Å²) in [5, 5.41) is 4.67. The number of nitrogens with one attached hydrogen (secondary N) is 2. The molecule has 1 aromatic rings. The highest BCUT2D eigenvalue weighted by Gasteiger charge is 2.57. The van der Waals surface area contributed by atoms with E-state index in [0.29, 0.717) is 18.6 Å². The SMILES string of the molecule is CC(C)NC(=O)NC(=O)[C@@H](C)OC(=O)[C@H]1CS[C@@]2(c3ccccc3)CCC(=O)N12. The van der Waals surface area contributed by atoms with Crippen molar-refractivity contribution in [1.82, 2.24) is 15.5 Å². The summed E-state index contributed by atoms with van der Waals surface area (Å²) in [6.07, 6.45) is -0.179. The lowest BCUT2D eigenvalue weighted by Crippen LogP contribution is -2.50. The number of amides is 4. The first-order chi connectivity index (χ1) is 13.7. The number of nitrogens with zero attached hydrogens (tertiary/aromatic N) is 1. The summed E-state index contributed by atoms with van der Waals surface area (Å²) in [6, 6.07) is 8.08. The average Bonchev–Trinajstić information content (AvgIpc) is 3.21. The first-order valence-corrected chi connectivity index (χ1v) is 10.6. The molecule has 4 amide bonds. The second-order valence-electron chi connectivity index (χ2n) is 7.44. The normalized spacial score (nSPS) is 24.2. The molecule has 0 spiro atoms. The van der Waals surface area contributed by atoms with Gasteiger partial charge in [-0.05, 0) is 32.8 Å². The number of rotatable bonds is 5. The van der Waals surface area contributed by atoms with Gasteiger partial charge in [-0.3, -0.25) is 14.9 Å². The molecule has 2 heterocycles. The Kier molecular flexibility index (Phi) is 6.16. The molecule has 3 atom stereocenters. The number of benzene rings is 1. The fourth-order valence-corrected chi connectivity index (χ4v) is 5.27. The Bertz CT molecular complexity index is 816. The van der Waals surface area contributed by atoms with E-state index >= 15 is 0 Å². The summed E-state index contributed by atoms with van der Waals surface area (Å²) in [4.78, 5) is 50.2. The summed E-state index contributed by atoms with van der Waals surface area (Å²) < 4.78 is 5.30. The molecule has 3 rings (SSSR count). The molecule has 2 aliphatic rings. The van der Waals surface area contributed by atoms with E-state index in [1.54, 1.807) is 30.5 Å². The van der Waals surface area contributed by atoms with E-state index in [9.17, 15) is 19.2 Å². The van der Waals surface area contributed by atoms with Gasteiger partial charge >= 0.3 is 12.0 Å². The second kappa shape index (κ2) is 8.44. The smallest absolute Gasteiger partial charge is 0.330 e. The Morgan fingerprint density at radius 1 is 1.21 bits per heavy atom. The standard InChI is InChI=1S/C20H25N3O5S/c1-12(2)21-19(27)22-17(25)13(3)28-18(26)15-11-29-20(10-9-16(24)23(15)20)14-7-5-4-6-8-14/h4-8,12-13,15H,9-11H2,1-3H3,(H2,21,22,25,27)/t13-,15-,20-/m1/s1. The summed E-state index contributed by atoms with van der Waals surface area (Å²) >= 11 is 1.55. The first-order valence-electron chi connectivity index (χ1n) is 9.58. The molecule has 0 bridgehead atoms. The molecule has 156 valence electrons. The maximum atomic E-state index is 12.8. The molecule has 2 fully saturated rings. The Morgan fingerprint density at radius 3 is 2.55 bits per heavy atom. The third-order valence-electron chi connectivity index (χ3n) is 4.94. The predicted molar refractivity (Wildman–Crippen MR) is 108 cm³/mol. The lowest BCUT2D eigenvalue weighted by Gasteiger charge is -2.33. The molecular formula is C20H25N3O5S. The number of hydrogen-bond donors (Lipinski definition) is 2. The van der Waals surface area contributed by atoms with Crippen molar-refractivity contribution in [2.45, 2.75) is 56.7 Å². The summed E-state index contributed by atoms with van der Waals surface area (Å²) in [5.41, 5.74) is 0.974. The number of ether oxygens (including phenoxy) is 1. The Labute approximate surface area is 173 Å². The quantitative estimate of drug-likeness (QED) is 0.705. The average molecular weight is 420 g/mol. The molecule has 1 aromatic carbocycles. The highest BCUT2D eigenvalue weighted by molar-refractivity contribution is 8.00. The zero-order valence-electron chi connectivity index (χ0n) is 16.6. The van der Waals surface area contributed by atoms with Crippen LogP contribution in [0.3, 0.4) is 0 Å². The monoisotopic (exact) mass is 419 g/mol. The van der Waals surface area contributed by atoms with Crippen molar-refractivity contribution in [3.63, 3.8) is 0 Å². The van der Waals surface area contributed by atoms with E-state index in [1.165, 1.54) is 6.92 Å². The topological polar surface area (TPSA) is 105 Å². The van der Waals surface area contributed by atoms with Gasteiger partial charge in [0.05, 0.1) is 0 Å². The van der Waals surface area contributed by atoms with E-state index in [0.717, 1.165) is 5.56 Å². The molecule has 2 saturated heterocycles. The molecule has 0 unspecified atom stereocenters. The van der Waals surface area contributed by atoms with Crippen LogP contribution in [-0.4, -0.2) is 52.7 Å². The number of hydrogen-bond acceptors (Lipinski definition) is 6. The highest BCUT2D eigenvalue weighted by Crippen LogP contribution is 2.54. The van der Waals surface area contributed by atoms with Gasteiger partial charge in [-0.25, -0.2) is 9.59 Å². The van der Waals surface area contributed by atoms with Crippen LogP contribution in [0.4, 0.5) is 4.79 Å². The van der Waals surface area contributed by atoms with E-state index in [1.807, 2.05) is 30.3 Å². The number of esters is 1. The third-order valence-corrected chi connectivity index (χ3v) is 6.54. The van der Waals surface area contributed by atoms with Crippen LogP contribution in [0.1, 0.15) is 39.2 Å². The van der Waals surface area contributed by atoms with Crippen molar-refractivity contribution < 1.29 is 23.9 Å². The Hall–Kier alpha value is -2.55. The lowest BCUT2D eigenvalue weighted by molar-refractivity contribution is -0.161. The minimum atomic E-state index is -1.16. The van der Waals surface area contributed by atoms with Crippen LogP contribution in [-0.2, 0) is 24.0 Å². The summed E-state index contributed by atoms with van der Waals surface area (Å²) in [5.74, 6) is -1.07. The summed E-state index contributed by atoms with van der Waals surface area (Å²) in [7, 11) is 0. The van der Waals surface area contributed by atoms with E-state index in [-0.39, 0.29) is 11.9 Å². The van der Waals surface area contributed by atoms with Crippen LogP contribution >= 0.6 is 11.8 Å². The highest BCUT2D eigenvalue weighted by atomic mass is 32.2. The van der Waals surface area contributed by atoms with Crippen LogP contribution in [0.25, 0.3) is 0 Å². The van der Waals surface area contributed by atoms with Gasteiger partial charge in [0.2, 0.25) is 5.91 Å². The van der Waals surface area contributed by atoms with Gasteiger partial charge in [0.15, 0.2) is 6.10 Å². The molecule has 29 heavy (non-hydrogen) atoms. The molecule has 0 radical (unpaired) electrons. The molecule has 2 N–H and O–H groups in total. The van der Waals surface area contributed by atoms with E-state index < -0.39 is 34.9 Å². The van der Waals surface area contributed by atoms with Crippen molar-refractivity contribution in [1.29, 1.82) is 0 Å². The molecular weight excluding hydrogens is 394 g/mol. The molecule has 2 aliphatic heterocycles. The van der Waals surface area contributed by atoms with Crippen molar-refractivity contribution in [2.75, 3.05) is 5.75 Å². The maximum Gasteiger partial charge on any atom is 0.330 e. The van der Waals surface area contributed by atoms with Crippen molar-refractivity contribution in [3.05, 3.63) is 35.9 Å². The van der Waals surface area contributed by atoms with Crippen molar-refractivity contribution >= 4 is 35.6 Å². The minimum Gasteiger partial charge on any atom is -0.451 e. The molecule has 9 heteroatoms. The van der Waals surface area contributed by atoms with Gasteiger partial charge in [-0.2, -0.15) is 0 Å². The number of imide groups is 1. The zero-order valence-corrected chi connectivity index (χ0v) is 17.5. The predicted octanol–water partition coefficient (Wildman–Crippen LogP) is 1.74. The fourth-order valence-electron chi connectivity index (χ4n) is 3.63. The zero-order chi connectivity index (χ0) is 21.2. The maximum absolute atomic E-state index is 12.8. The largest absolute Gasteiger partial charge is 0.451 e. The Balaban J connectivity index is 1.68. The molecule has 0 aromatic heterocycles. The molecule has 8 nitrogen and oxygen atoms in total. The van der Waals surface area contributed by atoms with Gasteiger partial charge in [0.25, 0.3) is 5.91 Å². The van der Waals surface area contributed by atoms with Gasteiger partial charge < -0.3 is 15.0 Å². The third kappa shape index (κ3) is 4.24. The van der Waals surface area contributed by atoms with Gasteiger partial charge in [0.1, 0.15) is 10.9 Å². The fraction of sp³-hybridized carbons (Fsp3) is 0.500.